The summed E-state index contributed by atoms with van der Waals surface area (Å²) in [5, 5.41) is 5.39. The second kappa shape index (κ2) is 7.57. The number of hydrogen-bond donors (Lipinski definition) is 1. The molecule has 5 heteroatoms. The maximum absolute atomic E-state index is 12.5. The predicted octanol–water partition coefficient (Wildman–Crippen LogP) is 1.56. The van der Waals surface area contributed by atoms with Gasteiger partial charge in [0, 0.05) is 37.1 Å². The molecule has 0 aromatic carbocycles. The Kier molecular flexibility index (Phi) is 5.76. The molecule has 1 aliphatic rings. The van der Waals surface area contributed by atoms with E-state index in [1.54, 1.807) is 17.4 Å². The number of thiophene rings is 1. The molecule has 0 spiro atoms. The minimum atomic E-state index is 0.187. The van der Waals surface area contributed by atoms with E-state index >= 15 is 0 Å². The highest BCUT2D eigenvalue weighted by Crippen LogP contribution is 2.13. The van der Waals surface area contributed by atoms with Crippen LogP contribution in [0.2, 0.25) is 0 Å². The minimum absolute atomic E-state index is 0.187. The van der Waals surface area contributed by atoms with Gasteiger partial charge in [0.1, 0.15) is 0 Å². The normalized spacial score (nSPS) is 19.8. The molecule has 20 heavy (non-hydrogen) atoms. The SMILES string of the molecule is C=CCN(Cc1cccs1)C(=O)CN1CCNC[C@@H]1C. The molecule has 1 amide bonds. The lowest BCUT2D eigenvalue weighted by atomic mass is 10.2. The fourth-order valence-electron chi connectivity index (χ4n) is 2.39. The van der Waals surface area contributed by atoms with Gasteiger partial charge >= 0.3 is 0 Å². The molecule has 4 nitrogen and oxygen atoms in total. The van der Waals surface area contributed by atoms with Crippen molar-refractivity contribution in [3.8, 4) is 0 Å². The topological polar surface area (TPSA) is 35.6 Å². The number of rotatable bonds is 6. The summed E-state index contributed by atoms with van der Waals surface area (Å²) < 4.78 is 0. The van der Waals surface area contributed by atoms with E-state index in [2.05, 4.69) is 29.8 Å². The Morgan fingerprint density at radius 3 is 3.20 bits per heavy atom. The second-order valence-corrected chi connectivity index (χ2v) is 6.20. The van der Waals surface area contributed by atoms with Crippen molar-refractivity contribution in [1.82, 2.24) is 15.1 Å². The maximum atomic E-state index is 12.5. The van der Waals surface area contributed by atoms with Gasteiger partial charge in [0.25, 0.3) is 0 Å². The van der Waals surface area contributed by atoms with Gasteiger partial charge in [0.2, 0.25) is 5.91 Å². The number of amides is 1. The van der Waals surface area contributed by atoms with Crippen LogP contribution < -0.4 is 5.32 Å². The van der Waals surface area contributed by atoms with Gasteiger partial charge in [-0.3, -0.25) is 9.69 Å². The molecule has 0 aliphatic carbocycles. The molecule has 2 rings (SSSR count). The van der Waals surface area contributed by atoms with Gasteiger partial charge in [-0.25, -0.2) is 0 Å². The van der Waals surface area contributed by atoms with Crippen molar-refractivity contribution < 1.29 is 4.79 Å². The Bertz CT molecular complexity index is 432. The highest BCUT2D eigenvalue weighted by molar-refractivity contribution is 7.09. The number of carbonyl (C=O) groups is 1. The fourth-order valence-corrected chi connectivity index (χ4v) is 3.11. The van der Waals surface area contributed by atoms with Crippen molar-refractivity contribution in [2.24, 2.45) is 0 Å². The number of carbonyl (C=O) groups excluding carboxylic acids is 1. The molecular formula is C15H23N3OS. The number of nitrogens with one attached hydrogen (secondary N) is 1. The van der Waals surface area contributed by atoms with Crippen LogP contribution in [0.5, 0.6) is 0 Å². The van der Waals surface area contributed by atoms with E-state index in [1.165, 1.54) is 4.88 Å². The van der Waals surface area contributed by atoms with E-state index < -0.39 is 0 Å². The summed E-state index contributed by atoms with van der Waals surface area (Å²) in [4.78, 5) is 17.8. The Labute approximate surface area is 125 Å². The molecule has 0 saturated carbocycles. The third-order valence-electron chi connectivity index (χ3n) is 3.61. The van der Waals surface area contributed by atoms with Crippen LogP contribution in [0.3, 0.4) is 0 Å². The summed E-state index contributed by atoms with van der Waals surface area (Å²) in [6.45, 7) is 10.6. The van der Waals surface area contributed by atoms with E-state index in [1.807, 2.05) is 16.3 Å². The van der Waals surface area contributed by atoms with Gasteiger partial charge in [-0.15, -0.1) is 17.9 Å². The van der Waals surface area contributed by atoms with Crippen LogP contribution >= 0.6 is 11.3 Å². The first-order valence-corrected chi connectivity index (χ1v) is 7.94. The molecule has 1 aromatic rings. The average molecular weight is 293 g/mol. The Morgan fingerprint density at radius 2 is 2.55 bits per heavy atom. The third kappa shape index (κ3) is 4.16. The molecule has 0 unspecified atom stereocenters. The fraction of sp³-hybridized carbons (Fsp3) is 0.533. The molecule has 1 fully saturated rings. The summed E-state index contributed by atoms with van der Waals surface area (Å²) in [5.74, 6) is 0.187. The van der Waals surface area contributed by atoms with Crippen LogP contribution in [0, 0.1) is 0 Å². The van der Waals surface area contributed by atoms with Gasteiger partial charge in [-0.2, -0.15) is 0 Å². The molecule has 1 atom stereocenters. The molecule has 1 aromatic heterocycles. The number of nitrogens with zero attached hydrogens (tertiary/aromatic N) is 2. The zero-order valence-corrected chi connectivity index (χ0v) is 12.9. The summed E-state index contributed by atoms with van der Waals surface area (Å²) in [5.41, 5.74) is 0. The van der Waals surface area contributed by atoms with E-state index in [9.17, 15) is 4.79 Å². The molecular weight excluding hydrogens is 270 g/mol. The van der Waals surface area contributed by atoms with Gasteiger partial charge in [-0.1, -0.05) is 12.1 Å². The summed E-state index contributed by atoms with van der Waals surface area (Å²) in [6.07, 6.45) is 1.80. The van der Waals surface area contributed by atoms with Gasteiger partial charge < -0.3 is 10.2 Å². The summed E-state index contributed by atoms with van der Waals surface area (Å²) in [7, 11) is 0. The lowest BCUT2D eigenvalue weighted by molar-refractivity contribution is -0.133. The first kappa shape index (κ1) is 15.2. The van der Waals surface area contributed by atoms with Crippen molar-refractivity contribution in [2.75, 3.05) is 32.7 Å². The highest BCUT2D eigenvalue weighted by Gasteiger charge is 2.22. The zero-order chi connectivity index (χ0) is 14.4. The second-order valence-electron chi connectivity index (χ2n) is 5.17. The average Bonchev–Trinajstić information content (AvgIpc) is 2.94. The van der Waals surface area contributed by atoms with Gasteiger partial charge in [-0.05, 0) is 18.4 Å². The van der Waals surface area contributed by atoms with Crippen LogP contribution in [0.1, 0.15) is 11.8 Å². The molecule has 2 heterocycles. The van der Waals surface area contributed by atoms with E-state index in [0.717, 1.165) is 19.6 Å². The third-order valence-corrected chi connectivity index (χ3v) is 4.47. The monoisotopic (exact) mass is 293 g/mol. The zero-order valence-electron chi connectivity index (χ0n) is 12.0. The van der Waals surface area contributed by atoms with Gasteiger partial charge in [0.05, 0.1) is 13.1 Å². The molecule has 110 valence electrons. The quantitative estimate of drug-likeness (QED) is 0.809. The van der Waals surface area contributed by atoms with Gasteiger partial charge in [0.15, 0.2) is 0 Å². The van der Waals surface area contributed by atoms with Crippen molar-refractivity contribution in [3.05, 3.63) is 35.0 Å². The molecule has 0 bridgehead atoms. The standard InChI is InChI=1S/C15H23N3OS/c1-3-7-18(11-14-5-4-9-20-14)15(19)12-17-8-6-16-10-13(17)2/h3-5,9,13,16H,1,6-8,10-12H2,2H3/t13-/m0/s1. The van der Waals surface area contributed by atoms with Crippen molar-refractivity contribution >= 4 is 17.2 Å². The lowest BCUT2D eigenvalue weighted by Gasteiger charge is -2.34. The largest absolute Gasteiger partial charge is 0.333 e. The summed E-state index contributed by atoms with van der Waals surface area (Å²) >= 11 is 1.69. The van der Waals surface area contributed by atoms with E-state index in [4.69, 9.17) is 0 Å². The van der Waals surface area contributed by atoms with Crippen LogP contribution in [-0.4, -0.2) is 54.5 Å². The maximum Gasteiger partial charge on any atom is 0.237 e. The van der Waals surface area contributed by atoms with Crippen LogP contribution in [0.15, 0.2) is 30.2 Å². The first-order chi connectivity index (χ1) is 9.70. The molecule has 1 saturated heterocycles. The predicted molar refractivity (Wildman–Crippen MR) is 83.8 cm³/mol. The first-order valence-electron chi connectivity index (χ1n) is 7.06. The molecule has 1 aliphatic heterocycles. The molecule has 0 radical (unpaired) electrons. The highest BCUT2D eigenvalue weighted by atomic mass is 32.1. The summed E-state index contributed by atoms with van der Waals surface area (Å²) in [6, 6.07) is 4.51. The van der Waals surface area contributed by atoms with Crippen molar-refractivity contribution in [1.29, 1.82) is 0 Å². The number of hydrogen-bond acceptors (Lipinski definition) is 4. The Morgan fingerprint density at radius 1 is 1.70 bits per heavy atom. The molecule has 1 N–H and O–H groups in total. The number of piperazine rings is 1. The van der Waals surface area contributed by atoms with Crippen molar-refractivity contribution in [2.45, 2.75) is 19.5 Å². The van der Waals surface area contributed by atoms with Crippen LogP contribution in [0.4, 0.5) is 0 Å². The van der Waals surface area contributed by atoms with E-state index in [0.29, 0.717) is 25.7 Å². The Balaban J connectivity index is 1.93. The minimum Gasteiger partial charge on any atom is -0.333 e. The Hall–Kier alpha value is -1.17. The van der Waals surface area contributed by atoms with Crippen molar-refractivity contribution in [3.63, 3.8) is 0 Å². The van der Waals surface area contributed by atoms with Crippen LogP contribution in [0.25, 0.3) is 0 Å². The van der Waals surface area contributed by atoms with Crippen LogP contribution in [-0.2, 0) is 11.3 Å². The lowest BCUT2D eigenvalue weighted by Crippen LogP contribution is -2.53. The van der Waals surface area contributed by atoms with E-state index in [-0.39, 0.29) is 5.91 Å². The smallest absolute Gasteiger partial charge is 0.237 e.